The lowest BCUT2D eigenvalue weighted by Crippen LogP contribution is -2.42. The second-order valence-corrected chi connectivity index (χ2v) is 10.3. The Morgan fingerprint density at radius 1 is 1.02 bits per heavy atom. The van der Waals surface area contributed by atoms with Crippen LogP contribution in [0.2, 0.25) is 0 Å². The Kier molecular flexibility index (Phi) is 11.0. The van der Waals surface area contributed by atoms with Crippen molar-refractivity contribution in [3.8, 4) is 5.75 Å². The average Bonchev–Trinajstić information content (AvgIpc) is 3.38. The second-order valence-electron chi connectivity index (χ2n) is 10.3. The summed E-state index contributed by atoms with van der Waals surface area (Å²) in [7, 11) is 1.48. The zero-order chi connectivity index (χ0) is 30.8. The third-order valence-corrected chi connectivity index (χ3v) is 6.23. The van der Waals surface area contributed by atoms with Crippen molar-refractivity contribution in [2.45, 2.75) is 59.2 Å². The minimum Gasteiger partial charge on any atom is -0.495 e. The van der Waals surface area contributed by atoms with Gasteiger partial charge in [-0.2, -0.15) is 5.10 Å². The van der Waals surface area contributed by atoms with E-state index in [4.69, 9.17) is 4.74 Å². The number of carbonyl (C=O) groups is 4. The molecule has 3 rings (SSSR count). The summed E-state index contributed by atoms with van der Waals surface area (Å²) in [6.07, 6.45) is 1.95. The average molecular weight is 580 g/mol. The van der Waals surface area contributed by atoms with Gasteiger partial charge < -0.3 is 31.1 Å². The molecule has 2 unspecified atom stereocenters. The smallest absolute Gasteiger partial charge is 0.328 e. The topological polar surface area (TPSA) is 177 Å². The molecule has 0 aliphatic heterocycles. The number of methoxy groups -OCH3 is 1. The summed E-state index contributed by atoms with van der Waals surface area (Å²) in [5.74, 6) is -1.02. The first-order chi connectivity index (χ1) is 19.9. The SMILES string of the molecule is COc1cc(CC(=O)NC(CC(C)C)c2ncn(CC(NC(C)=O)C(=O)O)n2)ccc1NC(=O)Nc1ccccc1C. The highest BCUT2D eigenvalue weighted by molar-refractivity contribution is 6.01. The van der Waals surface area contributed by atoms with Gasteiger partial charge in [0, 0.05) is 12.6 Å². The van der Waals surface area contributed by atoms with Crippen molar-refractivity contribution >= 4 is 35.2 Å². The van der Waals surface area contributed by atoms with Gasteiger partial charge in [-0.1, -0.05) is 38.1 Å². The zero-order valence-corrected chi connectivity index (χ0v) is 24.3. The number of nitrogens with one attached hydrogen (secondary N) is 4. The van der Waals surface area contributed by atoms with Crippen molar-refractivity contribution in [1.29, 1.82) is 0 Å². The summed E-state index contributed by atoms with van der Waals surface area (Å²) in [4.78, 5) is 52.7. The van der Waals surface area contributed by atoms with E-state index in [0.717, 1.165) is 5.56 Å². The Labute approximate surface area is 244 Å². The first-order valence-electron chi connectivity index (χ1n) is 13.4. The monoisotopic (exact) mass is 579 g/mol. The number of aliphatic carboxylic acids is 1. The molecule has 1 aromatic heterocycles. The van der Waals surface area contributed by atoms with Crippen LogP contribution in [0, 0.1) is 12.8 Å². The molecule has 0 fully saturated rings. The van der Waals surface area contributed by atoms with E-state index in [9.17, 15) is 24.3 Å². The van der Waals surface area contributed by atoms with Crippen molar-refractivity contribution in [1.82, 2.24) is 25.4 Å². The van der Waals surface area contributed by atoms with Gasteiger partial charge in [0.2, 0.25) is 11.8 Å². The molecule has 0 spiro atoms. The first-order valence-corrected chi connectivity index (χ1v) is 13.4. The van der Waals surface area contributed by atoms with E-state index >= 15 is 0 Å². The minimum absolute atomic E-state index is 0.0327. The van der Waals surface area contributed by atoms with Gasteiger partial charge in [-0.05, 0) is 48.6 Å². The van der Waals surface area contributed by atoms with Crippen molar-refractivity contribution in [3.05, 3.63) is 65.7 Å². The van der Waals surface area contributed by atoms with Gasteiger partial charge in [0.15, 0.2) is 5.82 Å². The molecule has 0 aliphatic carbocycles. The van der Waals surface area contributed by atoms with Gasteiger partial charge in [0.1, 0.15) is 18.1 Å². The van der Waals surface area contributed by atoms with Crippen LogP contribution in [0.4, 0.5) is 16.2 Å². The standard InChI is InChI=1S/C29H37N7O6/c1-17(2)12-23(27-30-16-36(35-27)15-24(28(39)40)31-19(4)37)32-26(38)14-20-10-11-22(25(13-20)42-5)34-29(41)33-21-9-7-6-8-18(21)3/h6-11,13,16-17,23-24H,12,14-15H2,1-5H3,(H,31,37)(H,32,38)(H,39,40)(H2,33,34,41). The van der Waals surface area contributed by atoms with Crippen molar-refractivity contribution < 1.29 is 29.0 Å². The van der Waals surface area contributed by atoms with Gasteiger partial charge in [-0.3, -0.25) is 9.59 Å². The zero-order valence-electron chi connectivity index (χ0n) is 24.3. The molecule has 13 nitrogen and oxygen atoms in total. The molecule has 2 atom stereocenters. The van der Waals surface area contributed by atoms with Crippen LogP contribution in [-0.2, 0) is 27.3 Å². The molecule has 0 radical (unpaired) electrons. The molecule has 1 heterocycles. The Morgan fingerprint density at radius 3 is 2.38 bits per heavy atom. The van der Waals surface area contributed by atoms with Crippen LogP contribution >= 0.6 is 0 Å². The highest BCUT2D eigenvalue weighted by Gasteiger charge is 2.23. The summed E-state index contributed by atoms with van der Waals surface area (Å²) in [5, 5.41) is 24.6. The van der Waals surface area contributed by atoms with Crippen molar-refractivity contribution in [2.75, 3.05) is 17.7 Å². The number of hydrogen-bond donors (Lipinski definition) is 5. The number of carbonyl (C=O) groups excluding carboxylic acids is 3. The molecule has 3 aromatic rings. The van der Waals surface area contributed by atoms with Gasteiger partial charge in [-0.25, -0.2) is 19.3 Å². The number of ether oxygens (including phenoxy) is 1. The van der Waals surface area contributed by atoms with E-state index in [1.165, 1.54) is 25.0 Å². The van der Waals surface area contributed by atoms with E-state index in [1.54, 1.807) is 24.3 Å². The number of rotatable bonds is 13. The third kappa shape index (κ3) is 9.32. The van der Waals surface area contributed by atoms with Crippen molar-refractivity contribution in [3.63, 3.8) is 0 Å². The lowest BCUT2D eigenvalue weighted by Gasteiger charge is -2.18. The number of amides is 4. The normalized spacial score (nSPS) is 12.2. The number of urea groups is 1. The molecule has 0 bridgehead atoms. The van der Waals surface area contributed by atoms with E-state index in [2.05, 4.69) is 31.3 Å². The number of hydrogen-bond acceptors (Lipinski definition) is 7. The Morgan fingerprint density at radius 2 is 1.74 bits per heavy atom. The highest BCUT2D eigenvalue weighted by atomic mass is 16.5. The maximum absolute atomic E-state index is 13.1. The maximum Gasteiger partial charge on any atom is 0.328 e. The molecule has 0 saturated heterocycles. The fraction of sp³-hybridized carbons (Fsp3) is 0.379. The minimum atomic E-state index is -1.20. The third-order valence-electron chi connectivity index (χ3n) is 6.23. The summed E-state index contributed by atoms with van der Waals surface area (Å²) in [6, 6.07) is 10.4. The lowest BCUT2D eigenvalue weighted by molar-refractivity contribution is -0.142. The molecular weight excluding hydrogens is 542 g/mol. The maximum atomic E-state index is 13.1. The quantitative estimate of drug-likeness (QED) is 0.205. The fourth-order valence-corrected chi connectivity index (χ4v) is 4.24. The molecule has 4 amide bonds. The van der Waals surface area contributed by atoms with Gasteiger partial charge in [0.25, 0.3) is 0 Å². The molecule has 0 saturated carbocycles. The number of anilines is 2. The largest absolute Gasteiger partial charge is 0.495 e. The highest BCUT2D eigenvalue weighted by Crippen LogP contribution is 2.27. The predicted octanol–water partition coefficient (Wildman–Crippen LogP) is 3.27. The summed E-state index contributed by atoms with van der Waals surface area (Å²) < 4.78 is 6.78. The number of para-hydroxylation sites is 1. The Balaban J connectivity index is 1.67. The van der Waals surface area contributed by atoms with Gasteiger partial charge in [-0.15, -0.1) is 0 Å². The predicted molar refractivity (Wildman–Crippen MR) is 156 cm³/mol. The number of benzene rings is 2. The Bertz CT molecular complexity index is 1420. The number of aromatic nitrogens is 3. The first kappa shape index (κ1) is 31.6. The fourth-order valence-electron chi connectivity index (χ4n) is 4.24. The molecule has 2 aromatic carbocycles. The molecular formula is C29H37N7O6. The van der Waals surface area contributed by atoms with Crippen LogP contribution < -0.4 is 26.0 Å². The van der Waals surface area contributed by atoms with Crippen LogP contribution in [0.5, 0.6) is 5.75 Å². The molecule has 5 N–H and O–H groups in total. The molecule has 224 valence electrons. The number of nitrogens with zero attached hydrogens (tertiary/aromatic N) is 3. The van der Waals surface area contributed by atoms with E-state index in [0.29, 0.717) is 34.9 Å². The van der Waals surface area contributed by atoms with E-state index in [1.807, 2.05) is 39.0 Å². The molecule has 13 heteroatoms. The van der Waals surface area contributed by atoms with Crippen LogP contribution in [-0.4, -0.2) is 56.8 Å². The van der Waals surface area contributed by atoms with Crippen LogP contribution in [0.3, 0.4) is 0 Å². The summed E-state index contributed by atoms with van der Waals surface area (Å²) in [5.41, 5.74) is 2.72. The summed E-state index contributed by atoms with van der Waals surface area (Å²) >= 11 is 0. The number of aryl methyl sites for hydroxylation is 1. The summed E-state index contributed by atoms with van der Waals surface area (Å²) in [6.45, 7) is 7.01. The second kappa shape index (κ2) is 14.6. The van der Waals surface area contributed by atoms with Gasteiger partial charge >= 0.3 is 12.0 Å². The number of carboxylic acids is 1. The van der Waals surface area contributed by atoms with E-state index < -0.39 is 30.0 Å². The van der Waals surface area contributed by atoms with Crippen LogP contribution in [0.15, 0.2) is 48.8 Å². The lowest BCUT2D eigenvalue weighted by atomic mass is 10.0. The molecule has 0 aliphatic rings. The molecule has 42 heavy (non-hydrogen) atoms. The number of carboxylic acid groups (broad SMARTS) is 1. The van der Waals surface area contributed by atoms with Gasteiger partial charge in [0.05, 0.1) is 31.8 Å². The van der Waals surface area contributed by atoms with Crippen molar-refractivity contribution in [2.24, 2.45) is 5.92 Å². The van der Waals surface area contributed by atoms with Crippen LogP contribution in [0.25, 0.3) is 0 Å². The van der Waals surface area contributed by atoms with Crippen LogP contribution in [0.1, 0.15) is 50.2 Å². The van der Waals surface area contributed by atoms with E-state index in [-0.39, 0.29) is 24.8 Å². The Hall–Kier alpha value is -4.94.